The Morgan fingerprint density at radius 2 is 1.62 bits per heavy atom. The number of aromatic nitrogens is 3. The second-order valence-electron chi connectivity index (χ2n) is 11.2. The number of rotatable bonds is 3. The number of aromatic hydroxyl groups is 1. The molecule has 2 atom stereocenters. The molecule has 2 N–H and O–H groups in total. The van der Waals surface area contributed by atoms with Crippen LogP contribution in [0.2, 0.25) is 0 Å². The fourth-order valence-electron chi connectivity index (χ4n) is 6.39. The molecular formula is C30H29F4N5O3. The van der Waals surface area contributed by atoms with Crippen molar-refractivity contribution in [3.8, 4) is 17.0 Å². The Kier molecular flexibility index (Phi) is 7.24. The van der Waals surface area contributed by atoms with Gasteiger partial charge in [0.25, 0.3) is 0 Å². The first-order chi connectivity index (χ1) is 20.1. The predicted molar refractivity (Wildman–Crippen MR) is 150 cm³/mol. The summed E-state index contributed by atoms with van der Waals surface area (Å²) in [6, 6.07) is 10.9. The van der Waals surface area contributed by atoms with Gasteiger partial charge in [-0.25, -0.2) is 14.2 Å². The largest absolute Gasteiger partial charge is 0.508 e. The number of benzene rings is 2. The van der Waals surface area contributed by atoms with E-state index in [1.807, 2.05) is 24.3 Å². The van der Waals surface area contributed by atoms with Gasteiger partial charge in [0.1, 0.15) is 22.8 Å². The maximum absolute atomic E-state index is 16.3. The normalized spacial score (nSPS) is 20.2. The van der Waals surface area contributed by atoms with Crippen LogP contribution in [-0.2, 0) is 4.79 Å². The van der Waals surface area contributed by atoms with Gasteiger partial charge in [-0.05, 0) is 66.8 Å². The standard InChI is InChI=1S/C28H28FN5O.C2HF3O2/c29-24-25(22-13-20(35)12-19-5-1-2-6-21(19)22)30-14-23-26(24)31-28(33-9-3-4-10-33)32-27(23)34-15-17-7-8-18(11-17)16-34;3-2(4,5)1(6)7/h1-2,5-6,12-14,17-18,35H,3-4,7-11,15-16H2;(H,6,7). The number of nitrogens with zero attached hydrogens (tertiary/aromatic N) is 5. The van der Waals surface area contributed by atoms with Crippen molar-refractivity contribution in [3.05, 3.63) is 48.4 Å². The van der Waals surface area contributed by atoms with Gasteiger partial charge in [0.05, 0.1) is 5.39 Å². The van der Waals surface area contributed by atoms with E-state index < -0.39 is 18.0 Å². The van der Waals surface area contributed by atoms with Crippen LogP contribution in [0.3, 0.4) is 0 Å². The second kappa shape index (κ2) is 10.9. The van der Waals surface area contributed by atoms with E-state index in [1.165, 1.54) is 19.3 Å². The fourth-order valence-corrected chi connectivity index (χ4v) is 6.39. The molecule has 2 unspecified atom stereocenters. The molecule has 0 radical (unpaired) electrons. The Labute approximate surface area is 238 Å². The molecule has 12 heteroatoms. The van der Waals surface area contributed by atoms with Crippen LogP contribution in [0.15, 0.2) is 42.6 Å². The van der Waals surface area contributed by atoms with E-state index in [-0.39, 0.29) is 11.4 Å². The van der Waals surface area contributed by atoms with Crippen molar-refractivity contribution in [2.24, 2.45) is 11.8 Å². The van der Waals surface area contributed by atoms with Crippen LogP contribution >= 0.6 is 0 Å². The molecule has 0 spiro atoms. The third-order valence-corrected chi connectivity index (χ3v) is 8.29. The molecule has 1 aliphatic carbocycles. The molecule has 2 aromatic carbocycles. The van der Waals surface area contributed by atoms with Crippen LogP contribution in [0.5, 0.6) is 5.75 Å². The summed E-state index contributed by atoms with van der Waals surface area (Å²) in [6.45, 7) is 3.71. The van der Waals surface area contributed by atoms with Crippen molar-refractivity contribution in [1.82, 2.24) is 15.0 Å². The molecule has 3 fully saturated rings. The number of fused-ring (bicyclic) bond motifs is 4. The van der Waals surface area contributed by atoms with Gasteiger partial charge in [-0.15, -0.1) is 0 Å². The number of halogens is 4. The lowest BCUT2D eigenvalue weighted by Gasteiger charge is -2.34. The summed E-state index contributed by atoms with van der Waals surface area (Å²) in [6.07, 6.45) is 2.68. The zero-order valence-corrected chi connectivity index (χ0v) is 22.6. The highest BCUT2D eigenvalue weighted by Gasteiger charge is 2.38. The average molecular weight is 584 g/mol. The summed E-state index contributed by atoms with van der Waals surface area (Å²) in [5, 5.41) is 19.8. The van der Waals surface area contributed by atoms with Crippen LogP contribution in [0, 0.1) is 17.7 Å². The number of phenolic OH excluding ortho intramolecular Hbond substituents is 1. The molecule has 4 heterocycles. The number of carboxylic acid groups (broad SMARTS) is 1. The number of aliphatic carboxylic acids is 1. The minimum atomic E-state index is -5.08. The maximum Gasteiger partial charge on any atom is 0.490 e. The van der Waals surface area contributed by atoms with Gasteiger partial charge >= 0.3 is 12.1 Å². The van der Waals surface area contributed by atoms with E-state index in [2.05, 4.69) is 14.8 Å². The number of alkyl halides is 3. The zero-order chi connectivity index (χ0) is 29.6. The third kappa shape index (κ3) is 5.37. The van der Waals surface area contributed by atoms with Crippen molar-refractivity contribution in [1.29, 1.82) is 0 Å². The first-order valence-corrected chi connectivity index (χ1v) is 14.0. The lowest BCUT2D eigenvalue weighted by atomic mass is 9.98. The molecule has 3 aliphatic rings. The molecular weight excluding hydrogens is 554 g/mol. The molecule has 0 amide bonds. The highest BCUT2D eigenvalue weighted by Crippen LogP contribution is 2.41. The number of anilines is 2. The van der Waals surface area contributed by atoms with Crippen LogP contribution in [0.4, 0.5) is 29.3 Å². The summed E-state index contributed by atoms with van der Waals surface area (Å²) in [5.74, 6) is -0.332. The smallest absolute Gasteiger partial charge is 0.490 e. The highest BCUT2D eigenvalue weighted by atomic mass is 19.4. The van der Waals surface area contributed by atoms with E-state index in [4.69, 9.17) is 19.9 Å². The monoisotopic (exact) mass is 583 g/mol. The van der Waals surface area contributed by atoms with Crippen molar-refractivity contribution < 1.29 is 32.6 Å². The molecule has 42 heavy (non-hydrogen) atoms. The number of hydrogen-bond acceptors (Lipinski definition) is 7. The van der Waals surface area contributed by atoms with Gasteiger partial charge < -0.3 is 20.0 Å². The molecule has 7 rings (SSSR count). The van der Waals surface area contributed by atoms with E-state index in [0.29, 0.717) is 34.3 Å². The lowest BCUT2D eigenvalue weighted by Crippen LogP contribution is -2.37. The van der Waals surface area contributed by atoms with E-state index in [1.54, 1.807) is 18.3 Å². The van der Waals surface area contributed by atoms with Crippen LogP contribution in [0.25, 0.3) is 32.9 Å². The molecule has 2 saturated heterocycles. The van der Waals surface area contributed by atoms with Gasteiger partial charge in [-0.1, -0.05) is 24.3 Å². The molecule has 2 bridgehead atoms. The first-order valence-electron chi connectivity index (χ1n) is 14.0. The third-order valence-electron chi connectivity index (χ3n) is 8.29. The molecule has 1 saturated carbocycles. The van der Waals surface area contributed by atoms with Crippen LogP contribution < -0.4 is 9.80 Å². The fraction of sp³-hybridized carbons (Fsp3) is 0.400. The van der Waals surface area contributed by atoms with Gasteiger partial charge in [0, 0.05) is 37.9 Å². The van der Waals surface area contributed by atoms with Gasteiger partial charge in [-0.2, -0.15) is 18.2 Å². The second-order valence-corrected chi connectivity index (χ2v) is 11.2. The first kappa shape index (κ1) is 27.9. The van der Waals surface area contributed by atoms with Crippen LogP contribution in [0.1, 0.15) is 32.1 Å². The zero-order valence-electron chi connectivity index (χ0n) is 22.6. The Bertz CT molecular complexity index is 1650. The number of piperidine rings is 1. The Morgan fingerprint density at radius 3 is 2.29 bits per heavy atom. The number of carbonyl (C=O) groups is 1. The Hall–Kier alpha value is -4.22. The van der Waals surface area contributed by atoms with Crippen LogP contribution in [-0.4, -0.2) is 63.5 Å². The maximum atomic E-state index is 16.3. The van der Waals surface area contributed by atoms with Gasteiger partial charge in [0.2, 0.25) is 5.95 Å². The minimum absolute atomic E-state index is 0.0879. The average Bonchev–Trinajstić information content (AvgIpc) is 3.62. The SMILES string of the molecule is O=C(O)C(F)(F)F.Oc1cc(-c2ncc3c(N4CC5CCC(C5)C4)nc(N4CCCC4)nc3c2F)c2ccccc2c1. The highest BCUT2D eigenvalue weighted by molar-refractivity contribution is 6.00. The van der Waals surface area contributed by atoms with E-state index in [0.717, 1.165) is 55.6 Å². The number of pyridine rings is 1. The lowest BCUT2D eigenvalue weighted by molar-refractivity contribution is -0.192. The van der Waals surface area contributed by atoms with Crippen molar-refractivity contribution in [2.75, 3.05) is 36.0 Å². The van der Waals surface area contributed by atoms with E-state index >= 15 is 4.39 Å². The number of phenols is 1. The molecule has 8 nitrogen and oxygen atoms in total. The summed E-state index contributed by atoms with van der Waals surface area (Å²) < 4.78 is 48.1. The van der Waals surface area contributed by atoms with Crippen molar-refractivity contribution in [3.63, 3.8) is 0 Å². The van der Waals surface area contributed by atoms with E-state index in [9.17, 15) is 18.3 Å². The summed E-state index contributed by atoms with van der Waals surface area (Å²) in [4.78, 5) is 27.8. The Balaban J connectivity index is 0.000000405. The molecule has 2 aliphatic heterocycles. The topological polar surface area (TPSA) is 103 Å². The minimum Gasteiger partial charge on any atom is -0.508 e. The summed E-state index contributed by atoms with van der Waals surface area (Å²) >= 11 is 0. The predicted octanol–water partition coefficient (Wildman–Crippen LogP) is 6.16. The quantitative estimate of drug-likeness (QED) is 0.277. The number of carboxylic acids is 1. The van der Waals surface area contributed by atoms with Gasteiger partial charge in [-0.3, -0.25) is 4.98 Å². The summed E-state index contributed by atoms with van der Waals surface area (Å²) in [7, 11) is 0. The molecule has 2 aromatic heterocycles. The van der Waals surface area contributed by atoms with Crippen molar-refractivity contribution in [2.45, 2.75) is 38.3 Å². The summed E-state index contributed by atoms with van der Waals surface area (Å²) in [5.41, 5.74) is 1.09. The molecule has 4 aromatic rings. The van der Waals surface area contributed by atoms with Crippen molar-refractivity contribution >= 4 is 39.4 Å². The Morgan fingerprint density at radius 1 is 0.952 bits per heavy atom. The molecule has 220 valence electrons. The number of hydrogen-bond donors (Lipinski definition) is 2. The van der Waals surface area contributed by atoms with Gasteiger partial charge in [0.15, 0.2) is 5.82 Å².